The molecular formula is C27H30N4O5. The molecule has 1 saturated carbocycles. The predicted octanol–water partition coefficient (Wildman–Crippen LogP) is 2.90. The number of hydrogen-bond acceptors (Lipinski definition) is 7. The van der Waals surface area contributed by atoms with Crippen molar-refractivity contribution in [2.75, 3.05) is 20.2 Å². The Balaban J connectivity index is 1.10. The van der Waals surface area contributed by atoms with Crippen LogP contribution in [0.5, 0.6) is 11.6 Å². The second-order valence-electron chi connectivity index (χ2n) is 10.1. The van der Waals surface area contributed by atoms with Crippen molar-refractivity contribution in [2.24, 2.45) is 0 Å². The molecule has 1 aromatic carbocycles. The number of benzene rings is 1. The smallest absolute Gasteiger partial charge is 0.273 e. The number of aromatic nitrogens is 1. The van der Waals surface area contributed by atoms with Crippen LogP contribution < -0.4 is 9.47 Å². The lowest BCUT2D eigenvalue weighted by molar-refractivity contribution is -0.163. The Hall–Kier alpha value is -3.46. The van der Waals surface area contributed by atoms with E-state index in [9.17, 15) is 14.4 Å². The first-order valence-corrected chi connectivity index (χ1v) is 12.7. The summed E-state index contributed by atoms with van der Waals surface area (Å²) in [6, 6.07) is 9.85. The second-order valence-corrected chi connectivity index (χ2v) is 10.1. The normalized spacial score (nSPS) is 24.8. The summed E-state index contributed by atoms with van der Waals surface area (Å²) in [7, 11) is 1.62. The maximum Gasteiger partial charge on any atom is 0.273 e. The van der Waals surface area contributed by atoms with Gasteiger partial charge in [0.2, 0.25) is 17.7 Å². The molecule has 4 heterocycles. The fourth-order valence-corrected chi connectivity index (χ4v) is 5.91. The van der Waals surface area contributed by atoms with Crippen LogP contribution in [0.4, 0.5) is 0 Å². The summed E-state index contributed by atoms with van der Waals surface area (Å²) in [6.45, 7) is 2.19. The van der Waals surface area contributed by atoms with Gasteiger partial charge in [0.15, 0.2) is 0 Å². The van der Waals surface area contributed by atoms with Gasteiger partial charge in [0.1, 0.15) is 11.9 Å². The molecule has 0 bridgehead atoms. The van der Waals surface area contributed by atoms with E-state index in [1.54, 1.807) is 13.2 Å². The van der Waals surface area contributed by atoms with Crippen molar-refractivity contribution in [3.05, 3.63) is 53.2 Å². The van der Waals surface area contributed by atoms with E-state index in [4.69, 9.17) is 9.47 Å². The number of likely N-dealkylation sites (tertiary alicyclic amines) is 1. The lowest BCUT2D eigenvalue weighted by Crippen LogP contribution is -2.54. The lowest BCUT2D eigenvalue weighted by Gasteiger charge is -2.45. The number of amides is 3. The van der Waals surface area contributed by atoms with Crippen LogP contribution in [0.1, 0.15) is 65.9 Å². The summed E-state index contributed by atoms with van der Waals surface area (Å²) < 4.78 is 11.6. The van der Waals surface area contributed by atoms with Crippen LogP contribution >= 0.6 is 0 Å². The van der Waals surface area contributed by atoms with E-state index in [0.29, 0.717) is 29.8 Å². The number of hydrogen-bond donors (Lipinski definition) is 0. The molecule has 4 aliphatic rings. The van der Waals surface area contributed by atoms with Crippen molar-refractivity contribution in [2.45, 2.75) is 63.1 Å². The van der Waals surface area contributed by atoms with Gasteiger partial charge < -0.3 is 9.47 Å². The standard InChI is InChI=1S/C27H30N4O5/c1-35-24-11-8-17(13-28-24)19-14-29(15-19)22-4-2-5-23(22)36-20-9-10-21-18(12-20)16-30(27(21)34)31-25(32)6-3-7-26(31)33/h8-13,19,22-23H,2-7,14-16H2,1H3/t22-,23+/m0/s1. The fraction of sp³-hybridized carbons (Fsp3) is 0.481. The molecule has 9 nitrogen and oxygen atoms in total. The van der Waals surface area contributed by atoms with Gasteiger partial charge in [-0.3, -0.25) is 19.3 Å². The van der Waals surface area contributed by atoms with Crippen LogP contribution in [0, 0.1) is 0 Å². The first kappa shape index (κ1) is 23.0. The molecule has 1 aliphatic carbocycles. The van der Waals surface area contributed by atoms with E-state index in [1.807, 2.05) is 24.4 Å². The number of fused-ring (bicyclic) bond motifs is 1. The van der Waals surface area contributed by atoms with Crippen molar-refractivity contribution in [1.82, 2.24) is 19.9 Å². The van der Waals surface area contributed by atoms with Gasteiger partial charge >= 0.3 is 0 Å². The van der Waals surface area contributed by atoms with Crippen LogP contribution in [0.15, 0.2) is 36.5 Å². The molecule has 2 atom stereocenters. The van der Waals surface area contributed by atoms with Crippen molar-refractivity contribution < 1.29 is 23.9 Å². The zero-order valence-electron chi connectivity index (χ0n) is 20.4. The first-order chi connectivity index (χ1) is 17.5. The van der Waals surface area contributed by atoms with Crippen molar-refractivity contribution >= 4 is 17.7 Å². The van der Waals surface area contributed by atoms with Crippen LogP contribution in [0.25, 0.3) is 0 Å². The molecule has 0 N–H and O–H groups in total. The van der Waals surface area contributed by atoms with Crippen molar-refractivity contribution in [3.63, 3.8) is 0 Å². The topological polar surface area (TPSA) is 92.3 Å². The average molecular weight is 491 g/mol. The highest BCUT2D eigenvalue weighted by Crippen LogP contribution is 2.37. The van der Waals surface area contributed by atoms with E-state index in [0.717, 1.165) is 48.7 Å². The fourth-order valence-electron chi connectivity index (χ4n) is 5.91. The average Bonchev–Trinajstić information content (AvgIpc) is 3.43. The van der Waals surface area contributed by atoms with Gasteiger partial charge in [-0.05, 0) is 55.0 Å². The minimum absolute atomic E-state index is 0.0939. The third-order valence-electron chi connectivity index (χ3n) is 7.88. The van der Waals surface area contributed by atoms with Crippen molar-refractivity contribution in [3.8, 4) is 11.6 Å². The highest BCUT2D eigenvalue weighted by Gasteiger charge is 2.42. The molecule has 6 rings (SSSR count). The molecule has 3 aliphatic heterocycles. The van der Waals surface area contributed by atoms with Crippen LogP contribution in [0.2, 0.25) is 0 Å². The highest BCUT2D eigenvalue weighted by molar-refractivity contribution is 6.04. The van der Waals surface area contributed by atoms with Gasteiger partial charge in [-0.15, -0.1) is 0 Å². The summed E-state index contributed by atoms with van der Waals surface area (Å²) in [5.41, 5.74) is 2.55. The van der Waals surface area contributed by atoms with Crippen LogP contribution in [0.3, 0.4) is 0 Å². The Bertz CT molecular complexity index is 1180. The van der Waals surface area contributed by atoms with E-state index in [-0.39, 0.29) is 43.2 Å². The number of pyridine rings is 1. The molecule has 3 amide bonds. The van der Waals surface area contributed by atoms with E-state index < -0.39 is 0 Å². The molecule has 36 heavy (non-hydrogen) atoms. The Kier molecular flexibility index (Phi) is 5.87. The Labute approximate surface area is 209 Å². The lowest BCUT2D eigenvalue weighted by atomic mass is 9.90. The van der Waals surface area contributed by atoms with E-state index in [2.05, 4.69) is 16.0 Å². The second kappa shape index (κ2) is 9.20. The summed E-state index contributed by atoms with van der Waals surface area (Å²) in [5.74, 6) is 0.910. The predicted molar refractivity (Wildman–Crippen MR) is 129 cm³/mol. The minimum atomic E-state index is -0.309. The quantitative estimate of drug-likeness (QED) is 0.575. The largest absolute Gasteiger partial charge is 0.489 e. The number of piperidine rings is 1. The van der Waals surface area contributed by atoms with Gasteiger partial charge in [0.25, 0.3) is 5.91 Å². The Morgan fingerprint density at radius 1 is 0.972 bits per heavy atom. The SMILES string of the molecule is COc1ccc(C2CN([C@H]3CCC[C@H]3Oc3ccc4c(c3)CN(N3C(=O)CCCC3=O)C4=O)C2)cn1. The van der Waals surface area contributed by atoms with Gasteiger partial charge in [-0.2, -0.15) is 5.01 Å². The molecular weight excluding hydrogens is 460 g/mol. The molecule has 2 saturated heterocycles. The number of methoxy groups -OCH3 is 1. The number of hydrazine groups is 1. The maximum atomic E-state index is 12.9. The summed E-state index contributed by atoms with van der Waals surface area (Å²) in [6.07, 6.45) is 6.34. The van der Waals surface area contributed by atoms with Crippen LogP contribution in [-0.2, 0) is 16.1 Å². The van der Waals surface area contributed by atoms with E-state index in [1.165, 1.54) is 10.6 Å². The molecule has 2 aromatic rings. The summed E-state index contributed by atoms with van der Waals surface area (Å²) in [5, 5.41) is 2.32. The maximum absolute atomic E-state index is 12.9. The highest BCUT2D eigenvalue weighted by atomic mass is 16.5. The number of carbonyl (C=O) groups is 3. The third kappa shape index (κ3) is 4.01. The third-order valence-corrected chi connectivity index (χ3v) is 7.88. The van der Waals surface area contributed by atoms with Gasteiger partial charge in [-0.1, -0.05) is 6.07 Å². The summed E-state index contributed by atoms with van der Waals surface area (Å²) >= 11 is 0. The number of nitrogens with zero attached hydrogens (tertiary/aromatic N) is 4. The minimum Gasteiger partial charge on any atom is -0.489 e. The first-order valence-electron chi connectivity index (χ1n) is 12.7. The molecule has 0 radical (unpaired) electrons. The number of rotatable bonds is 6. The number of ether oxygens (including phenoxy) is 2. The molecule has 9 heteroatoms. The monoisotopic (exact) mass is 490 g/mol. The molecule has 3 fully saturated rings. The van der Waals surface area contributed by atoms with Crippen molar-refractivity contribution in [1.29, 1.82) is 0 Å². The van der Waals surface area contributed by atoms with Crippen LogP contribution in [-0.4, -0.2) is 70.0 Å². The zero-order valence-corrected chi connectivity index (χ0v) is 20.4. The van der Waals surface area contributed by atoms with Gasteiger partial charge in [0, 0.05) is 55.7 Å². The molecule has 0 spiro atoms. The summed E-state index contributed by atoms with van der Waals surface area (Å²) in [4.78, 5) is 44.4. The number of carbonyl (C=O) groups excluding carboxylic acids is 3. The zero-order chi connectivity index (χ0) is 24.8. The van der Waals surface area contributed by atoms with Gasteiger partial charge in [-0.25, -0.2) is 9.99 Å². The van der Waals surface area contributed by atoms with Gasteiger partial charge in [0.05, 0.1) is 13.7 Å². The Morgan fingerprint density at radius 2 is 1.78 bits per heavy atom. The molecule has 0 unspecified atom stereocenters. The Morgan fingerprint density at radius 3 is 2.50 bits per heavy atom. The number of imide groups is 1. The molecule has 1 aromatic heterocycles. The van der Waals surface area contributed by atoms with E-state index >= 15 is 0 Å². The molecule has 188 valence electrons.